The molecule has 24 heavy (non-hydrogen) atoms. The Morgan fingerprint density at radius 1 is 1.21 bits per heavy atom. The molecule has 7 nitrogen and oxygen atoms in total. The minimum atomic E-state index is 0. The second kappa shape index (κ2) is 8.84. The van der Waals surface area contributed by atoms with Gasteiger partial charge in [-0.1, -0.05) is 6.07 Å². The predicted octanol–water partition coefficient (Wildman–Crippen LogP) is -0.122. The van der Waals surface area contributed by atoms with Crippen molar-refractivity contribution in [1.29, 1.82) is 0 Å². The van der Waals surface area contributed by atoms with Gasteiger partial charge in [0, 0.05) is 58.4 Å². The molecule has 0 atom stereocenters. The highest BCUT2D eigenvalue weighted by Crippen LogP contribution is 2.13. The third-order valence-electron chi connectivity index (χ3n) is 4.40. The van der Waals surface area contributed by atoms with Gasteiger partial charge in [-0.25, -0.2) is 4.98 Å². The lowest BCUT2D eigenvalue weighted by molar-refractivity contribution is -0.131. The number of hydrogen-bond acceptors (Lipinski definition) is 5. The lowest BCUT2D eigenvalue weighted by Gasteiger charge is -2.35. The van der Waals surface area contributed by atoms with E-state index in [2.05, 4.69) is 20.5 Å². The van der Waals surface area contributed by atoms with Crippen molar-refractivity contribution in [2.75, 3.05) is 50.7 Å². The molecule has 2 saturated heterocycles. The standard InChI is InChI=1S/C16H23N5O2.ClH/c22-15(4-6-19-16(23)13-11-17-12-13)21-9-7-20(8-10-21)14-3-1-2-5-18-14;/h1-3,5,13,17H,4,6-12H2,(H,19,23);1H. The number of aromatic nitrogens is 1. The van der Waals surface area contributed by atoms with Crippen molar-refractivity contribution < 1.29 is 9.59 Å². The van der Waals surface area contributed by atoms with Gasteiger partial charge in [0.25, 0.3) is 0 Å². The SMILES string of the molecule is Cl.O=C(NCCC(=O)N1CCN(c2ccccn2)CC1)C1CNC1. The van der Waals surface area contributed by atoms with E-state index in [9.17, 15) is 9.59 Å². The average molecular weight is 354 g/mol. The summed E-state index contributed by atoms with van der Waals surface area (Å²) < 4.78 is 0. The summed E-state index contributed by atoms with van der Waals surface area (Å²) in [7, 11) is 0. The Bertz CT molecular complexity index is 545. The molecular formula is C16H24ClN5O2. The molecule has 0 aromatic carbocycles. The monoisotopic (exact) mass is 353 g/mol. The van der Waals surface area contributed by atoms with Crippen LogP contribution in [-0.4, -0.2) is 67.5 Å². The third-order valence-corrected chi connectivity index (χ3v) is 4.40. The topological polar surface area (TPSA) is 77.6 Å². The summed E-state index contributed by atoms with van der Waals surface area (Å²) in [6.45, 7) is 4.91. The van der Waals surface area contributed by atoms with Crippen LogP contribution in [0.25, 0.3) is 0 Å². The first-order chi connectivity index (χ1) is 11.2. The Morgan fingerprint density at radius 2 is 1.96 bits per heavy atom. The normalized spacial score (nSPS) is 17.7. The highest BCUT2D eigenvalue weighted by Gasteiger charge is 2.25. The lowest BCUT2D eigenvalue weighted by atomic mass is 10.0. The fourth-order valence-electron chi connectivity index (χ4n) is 2.79. The van der Waals surface area contributed by atoms with Crippen molar-refractivity contribution in [1.82, 2.24) is 20.5 Å². The summed E-state index contributed by atoms with van der Waals surface area (Å²) in [5, 5.41) is 5.91. The van der Waals surface area contributed by atoms with Gasteiger partial charge in [-0.15, -0.1) is 12.4 Å². The number of amides is 2. The molecule has 2 N–H and O–H groups in total. The van der Waals surface area contributed by atoms with Crippen molar-refractivity contribution in [3.05, 3.63) is 24.4 Å². The summed E-state index contributed by atoms with van der Waals surface area (Å²) in [5.74, 6) is 1.20. The maximum Gasteiger partial charge on any atom is 0.225 e. The van der Waals surface area contributed by atoms with Gasteiger partial charge in [0.2, 0.25) is 11.8 Å². The number of piperazine rings is 1. The Labute approximate surface area is 148 Å². The molecule has 8 heteroatoms. The number of nitrogens with one attached hydrogen (secondary N) is 2. The number of anilines is 1. The van der Waals surface area contributed by atoms with Gasteiger partial charge in [0.05, 0.1) is 5.92 Å². The zero-order chi connectivity index (χ0) is 16.1. The number of hydrogen-bond donors (Lipinski definition) is 2. The first kappa shape index (κ1) is 18.5. The summed E-state index contributed by atoms with van der Waals surface area (Å²) in [5.41, 5.74) is 0. The van der Waals surface area contributed by atoms with Gasteiger partial charge in [-0.3, -0.25) is 9.59 Å². The molecule has 3 heterocycles. The maximum absolute atomic E-state index is 12.2. The largest absolute Gasteiger partial charge is 0.355 e. The van der Waals surface area contributed by atoms with E-state index < -0.39 is 0 Å². The summed E-state index contributed by atoms with van der Waals surface area (Å²) in [6, 6.07) is 5.86. The molecule has 1 aromatic rings. The zero-order valence-corrected chi connectivity index (χ0v) is 14.4. The highest BCUT2D eigenvalue weighted by molar-refractivity contribution is 5.85. The van der Waals surface area contributed by atoms with Crippen LogP contribution in [0.1, 0.15) is 6.42 Å². The second-order valence-electron chi connectivity index (χ2n) is 5.95. The third kappa shape index (κ3) is 4.58. The maximum atomic E-state index is 12.2. The van der Waals surface area contributed by atoms with E-state index in [1.54, 1.807) is 6.20 Å². The first-order valence-electron chi connectivity index (χ1n) is 8.16. The smallest absolute Gasteiger partial charge is 0.225 e. The summed E-state index contributed by atoms with van der Waals surface area (Å²) >= 11 is 0. The molecule has 0 saturated carbocycles. The number of rotatable bonds is 5. The van der Waals surface area contributed by atoms with Gasteiger partial charge < -0.3 is 20.4 Å². The molecule has 1 aromatic heterocycles. The van der Waals surface area contributed by atoms with Crippen LogP contribution in [0.5, 0.6) is 0 Å². The van der Waals surface area contributed by atoms with Crippen molar-refractivity contribution >= 4 is 30.0 Å². The van der Waals surface area contributed by atoms with Crippen LogP contribution in [0.2, 0.25) is 0 Å². The molecule has 0 unspecified atom stereocenters. The van der Waals surface area contributed by atoms with Crippen LogP contribution in [0.3, 0.4) is 0 Å². The minimum absolute atomic E-state index is 0. The van der Waals surface area contributed by atoms with Crippen LogP contribution < -0.4 is 15.5 Å². The minimum Gasteiger partial charge on any atom is -0.355 e. The molecule has 0 bridgehead atoms. The zero-order valence-electron chi connectivity index (χ0n) is 13.6. The molecule has 0 spiro atoms. The Morgan fingerprint density at radius 3 is 2.54 bits per heavy atom. The van der Waals surface area contributed by atoms with Gasteiger partial charge in [0.15, 0.2) is 0 Å². The number of nitrogens with zero attached hydrogens (tertiary/aromatic N) is 3. The van der Waals surface area contributed by atoms with E-state index in [0.29, 0.717) is 26.1 Å². The van der Waals surface area contributed by atoms with Crippen LogP contribution in [0.15, 0.2) is 24.4 Å². The quantitative estimate of drug-likeness (QED) is 0.771. The van der Waals surface area contributed by atoms with Crippen LogP contribution >= 0.6 is 12.4 Å². The van der Waals surface area contributed by atoms with E-state index in [1.165, 1.54) is 0 Å². The van der Waals surface area contributed by atoms with Gasteiger partial charge >= 0.3 is 0 Å². The Hall–Kier alpha value is -1.86. The van der Waals surface area contributed by atoms with Gasteiger partial charge in [-0.2, -0.15) is 0 Å². The van der Waals surface area contributed by atoms with Crippen molar-refractivity contribution in [2.45, 2.75) is 6.42 Å². The summed E-state index contributed by atoms with van der Waals surface area (Å²) in [4.78, 5) is 32.3. The first-order valence-corrected chi connectivity index (χ1v) is 8.16. The van der Waals surface area contributed by atoms with E-state index in [1.807, 2.05) is 23.1 Å². The predicted molar refractivity (Wildman–Crippen MR) is 94.3 cm³/mol. The fraction of sp³-hybridized carbons (Fsp3) is 0.562. The molecule has 0 radical (unpaired) electrons. The number of carbonyl (C=O) groups excluding carboxylic acids is 2. The molecule has 132 valence electrons. The van der Waals surface area contributed by atoms with Crippen LogP contribution in [-0.2, 0) is 9.59 Å². The molecular weight excluding hydrogens is 330 g/mol. The fourth-order valence-corrected chi connectivity index (χ4v) is 2.79. The molecule has 2 fully saturated rings. The number of pyridine rings is 1. The molecule has 3 rings (SSSR count). The summed E-state index contributed by atoms with van der Waals surface area (Å²) in [6.07, 6.45) is 2.16. The van der Waals surface area contributed by atoms with Crippen molar-refractivity contribution in [3.63, 3.8) is 0 Å². The molecule has 2 amide bonds. The number of carbonyl (C=O) groups is 2. The second-order valence-corrected chi connectivity index (χ2v) is 5.95. The van der Waals surface area contributed by atoms with E-state index >= 15 is 0 Å². The molecule has 2 aliphatic heterocycles. The lowest BCUT2D eigenvalue weighted by Crippen LogP contribution is -2.52. The number of halogens is 1. The average Bonchev–Trinajstić information content (AvgIpc) is 2.54. The van der Waals surface area contributed by atoms with Crippen LogP contribution in [0.4, 0.5) is 5.82 Å². The Kier molecular flexibility index (Phi) is 6.81. The Balaban J connectivity index is 0.00000208. The van der Waals surface area contributed by atoms with Crippen molar-refractivity contribution in [2.24, 2.45) is 5.92 Å². The van der Waals surface area contributed by atoms with Gasteiger partial charge in [0.1, 0.15) is 5.82 Å². The molecule has 2 aliphatic rings. The van der Waals surface area contributed by atoms with E-state index in [4.69, 9.17) is 0 Å². The highest BCUT2D eigenvalue weighted by atomic mass is 35.5. The van der Waals surface area contributed by atoms with Gasteiger partial charge in [-0.05, 0) is 12.1 Å². The molecule has 0 aliphatic carbocycles. The van der Waals surface area contributed by atoms with Crippen LogP contribution in [0, 0.1) is 5.92 Å². The van der Waals surface area contributed by atoms with E-state index in [0.717, 1.165) is 32.0 Å². The van der Waals surface area contributed by atoms with Crippen molar-refractivity contribution in [3.8, 4) is 0 Å². The van der Waals surface area contributed by atoms with E-state index in [-0.39, 0.29) is 30.1 Å².